The minimum absolute atomic E-state index is 0.0228. The summed E-state index contributed by atoms with van der Waals surface area (Å²) in [5.41, 5.74) is 1.10. The molecule has 0 N–H and O–H groups in total. The summed E-state index contributed by atoms with van der Waals surface area (Å²) < 4.78 is 6.98. The maximum Gasteiger partial charge on any atom is 0.274 e. The molecule has 2 aromatic rings. The van der Waals surface area contributed by atoms with Gasteiger partial charge in [0.2, 0.25) is 0 Å². The van der Waals surface area contributed by atoms with Gasteiger partial charge in [-0.2, -0.15) is 5.10 Å². The van der Waals surface area contributed by atoms with Crippen molar-refractivity contribution in [2.45, 2.75) is 38.8 Å². The van der Waals surface area contributed by atoms with Gasteiger partial charge in [0, 0.05) is 44.5 Å². The number of nitrogens with zero attached hydrogens (tertiary/aromatic N) is 4. The second-order valence-electron chi connectivity index (χ2n) is 7.08. The van der Waals surface area contributed by atoms with Crippen molar-refractivity contribution in [3.05, 3.63) is 47.8 Å². The molecule has 0 bridgehead atoms. The molecule has 1 aliphatic heterocycles. The van der Waals surface area contributed by atoms with Crippen LogP contribution in [0.2, 0.25) is 0 Å². The van der Waals surface area contributed by atoms with Gasteiger partial charge in [0.1, 0.15) is 11.4 Å². The van der Waals surface area contributed by atoms with Gasteiger partial charge in [-0.3, -0.25) is 14.3 Å². The summed E-state index contributed by atoms with van der Waals surface area (Å²) in [4.78, 5) is 29.3. The number of hydrogen-bond acceptors (Lipinski definition) is 4. The van der Waals surface area contributed by atoms with Gasteiger partial charge in [-0.1, -0.05) is 6.07 Å². The molecule has 3 rings (SSSR count). The first-order valence-corrected chi connectivity index (χ1v) is 9.77. The third kappa shape index (κ3) is 4.35. The number of aromatic nitrogens is 2. The fourth-order valence-electron chi connectivity index (χ4n) is 3.61. The predicted octanol–water partition coefficient (Wildman–Crippen LogP) is 2.68. The Kier molecular flexibility index (Phi) is 6.34. The van der Waals surface area contributed by atoms with Crippen LogP contribution in [-0.2, 0) is 6.54 Å². The van der Waals surface area contributed by atoms with Crippen LogP contribution >= 0.6 is 0 Å². The first kappa shape index (κ1) is 19.9. The number of hydrogen-bond donors (Lipinski definition) is 0. The summed E-state index contributed by atoms with van der Waals surface area (Å²) in [7, 11) is 3.43. The Hall–Kier alpha value is -2.83. The zero-order valence-corrected chi connectivity index (χ0v) is 16.8. The molecule has 0 aliphatic carbocycles. The predicted molar refractivity (Wildman–Crippen MR) is 107 cm³/mol. The van der Waals surface area contributed by atoms with E-state index in [1.807, 2.05) is 37.2 Å². The molecule has 0 unspecified atom stereocenters. The molecule has 0 radical (unpaired) electrons. The molecule has 1 saturated heterocycles. The van der Waals surface area contributed by atoms with Crippen molar-refractivity contribution in [2.24, 2.45) is 0 Å². The van der Waals surface area contributed by atoms with E-state index in [0.717, 1.165) is 25.8 Å². The van der Waals surface area contributed by atoms with Crippen molar-refractivity contribution in [1.29, 1.82) is 0 Å². The van der Waals surface area contributed by atoms with Crippen LogP contribution < -0.4 is 4.74 Å². The SMILES string of the molecule is CCn1ccc(C(=O)N2CCC[C@@H](N(C)C(=O)c3cccc(OC)c3)CC2)n1. The highest BCUT2D eigenvalue weighted by Crippen LogP contribution is 2.21. The highest BCUT2D eigenvalue weighted by molar-refractivity contribution is 5.94. The summed E-state index contributed by atoms with van der Waals surface area (Å²) in [6.07, 6.45) is 4.32. The summed E-state index contributed by atoms with van der Waals surface area (Å²) in [5.74, 6) is 0.614. The zero-order valence-electron chi connectivity index (χ0n) is 16.8. The lowest BCUT2D eigenvalue weighted by atomic mass is 10.1. The van der Waals surface area contributed by atoms with Crippen LogP contribution in [0.5, 0.6) is 5.75 Å². The van der Waals surface area contributed by atoms with Crippen molar-refractivity contribution in [3.63, 3.8) is 0 Å². The van der Waals surface area contributed by atoms with E-state index in [-0.39, 0.29) is 17.9 Å². The number of amides is 2. The van der Waals surface area contributed by atoms with E-state index >= 15 is 0 Å². The first-order chi connectivity index (χ1) is 13.5. The van der Waals surface area contributed by atoms with Crippen molar-refractivity contribution in [2.75, 3.05) is 27.2 Å². The molecule has 0 saturated carbocycles. The Morgan fingerprint density at radius 1 is 1.25 bits per heavy atom. The van der Waals surface area contributed by atoms with Gasteiger partial charge in [-0.25, -0.2) is 0 Å². The number of aryl methyl sites for hydroxylation is 1. The third-order valence-electron chi connectivity index (χ3n) is 5.35. The number of carbonyl (C=O) groups excluding carboxylic acids is 2. The van der Waals surface area contributed by atoms with Crippen molar-refractivity contribution in [1.82, 2.24) is 19.6 Å². The molecular formula is C21H28N4O3. The normalized spacial score (nSPS) is 17.1. The molecule has 1 fully saturated rings. The van der Waals surface area contributed by atoms with Gasteiger partial charge in [0.05, 0.1) is 7.11 Å². The quantitative estimate of drug-likeness (QED) is 0.795. The number of ether oxygens (including phenoxy) is 1. The molecule has 28 heavy (non-hydrogen) atoms. The van der Waals surface area contributed by atoms with Crippen LogP contribution in [0.4, 0.5) is 0 Å². The molecule has 1 aliphatic rings. The standard InChI is InChI=1S/C21H28N4O3/c1-4-25-14-11-19(22-25)21(27)24-12-6-8-17(10-13-24)23(2)20(26)16-7-5-9-18(15-16)28-3/h5,7,9,11,14-15,17H,4,6,8,10,12-13H2,1-3H3/t17-/m1/s1. The van der Waals surface area contributed by atoms with Crippen molar-refractivity contribution in [3.8, 4) is 5.75 Å². The zero-order chi connectivity index (χ0) is 20.1. The van der Waals surface area contributed by atoms with E-state index in [0.29, 0.717) is 30.1 Å². The van der Waals surface area contributed by atoms with Gasteiger partial charge in [0.25, 0.3) is 11.8 Å². The van der Waals surface area contributed by atoms with Gasteiger partial charge in [-0.05, 0) is 50.5 Å². The summed E-state index contributed by atoms with van der Waals surface area (Å²) in [6, 6.07) is 9.08. The highest BCUT2D eigenvalue weighted by atomic mass is 16.5. The van der Waals surface area contributed by atoms with Crippen LogP contribution in [0.1, 0.15) is 47.0 Å². The summed E-state index contributed by atoms with van der Waals surface area (Å²) >= 11 is 0. The molecule has 7 nitrogen and oxygen atoms in total. The number of methoxy groups -OCH3 is 1. The fraction of sp³-hybridized carbons (Fsp3) is 0.476. The molecule has 1 atom stereocenters. The lowest BCUT2D eigenvalue weighted by molar-refractivity contribution is 0.0708. The molecule has 150 valence electrons. The van der Waals surface area contributed by atoms with E-state index < -0.39 is 0 Å². The van der Waals surface area contributed by atoms with Crippen LogP contribution in [0.25, 0.3) is 0 Å². The maximum absolute atomic E-state index is 12.9. The van der Waals surface area contributed by atoms with Crippen LogP contribution in [0, 0.1) is 0 Å². The highest BCUT2D eigenvalue weighted by Gasteiger charge is 2.27. The van der Waals surface area contributed by atoms with Crippen LogP contribution in [-0.4, -0.2) is 64.7 Å². The number of likely N-dealkylation sites (tertiary alicyclic amines) is 1. The van der Waals surface area contributed by atoms with Crippen LogP contribution in [0.3, 0.4) is 0 Å². The number of rotatable bonds is 5. The summed E-state index contributed by atoms with van der Waals surface area (Å²) in [5, 5.41) is 4.32. The fourth-order valence-corrected chi connectivity index (χ4v) is 3.61. The van der Waals surface area contributed by atoms with E-state index in [4.69, 9.17) is 4.74 Å². The first-order valence-electron chi connectivity index (χ1n) is 9.77. The Morgan fingerprint density at radius 2 is 2.07 bits per heavy atom. The lowest BCUT2D eigenvalue weighted by Crippen LogP contribution is -2.38. The molecular weight excluding hydrogens is 356 g/mol. The Morgan fingerprint density at radius 3 is 2.79 bits per heavy atom. The lowest BCUT2D eigenvalue weighted by Gasteiger charge is -2.27. The molecule has 1 aromatic heterocycles. The van der Waals surface area contributed by atoms with Gasteiger partial charge in [0.15, 0.2) is 0 Å². The van der Waals surface area contributed by atoms with Gasteiger partial charge < -0.3 is 14.5 Å². The maximum atomic E-state index is 12.9. The molecule has 7 heteroatoms. The minimum Gasteiger partial charge on any atom is -0.497 e. The summed E-state index contributed by atoms with van der Waals surface area (Å²) in [6.45, 7) is 4.05. The second-order valence-corrected chi connectivity index (χ2v) is 7.08. The van der Waals surface area contributed by atoms with E-state index in [2.05, 4.69) is 5.10 Å². The Labute approximate surface area is 165 Å². The van der Waals surface area contributed by atoms with Gasteiger partial charge in [-0.15, -0.1) is 0 Å². The largest absolute Gasteiger partial charge is 0.497 e. The average Bonchev–Trinajstić information content (AvgIpc) is 3.09. The molecule has 2 amide bonds. The molecule has 1 aromatic carbocycles. The van der Waals surface area contributed by atoms with Crippen molar-refractivity contribution >= 4 is 11.8 Å². The van der Waals surface area contributed by atoms with E-state index in [9.17, 15) is 9.59 Å². The molecule has 0 spiro atoms. The monoisotopic (exact) mass is 384 g/mol. The minimum atomic E-state index is -0.0328. The number of carbonyl (C=O) groups is 2. The smallest absolute Gasteiger partial charge is 0.274 e. The van der Waals surface area contributed by atoms with Crippen LogP contribution in [0.15, 0.2) is 36.5 Å². The van der Waals surface area contributed by atoms with Crippen molar-refractivity contribution < 1.29 is 14.3 Å². The van der Waals surface area contributed by atoms with Gasteiger partial charge >= 0.3 is 0 Å². The molecule has 2 heterocycles. The Balaban J connectivity index is 1.63. The number of benzene rings is 1. The topological polar surface area (TPSA) is 67.7 Å². The van der Waals surface area contributed by atoms with E-state index in [1.54, 1.807) is 34.9 Å². The Bertz CT molecular complexity index is 833. The third-order valence-corrected chi connectivity index (χ3v) is 5.35. The van der Waals surface area contributed by atoms with E-state index in [1.165, 1.54) is 0 Å². The average molecular weight is 384 g/mol. The second kappa shape index (κ2) is 8.91.